The second kappa shape index (κ2) is 4.04. The highest BCUT2D eigenvalue weighted by Crippen LogP contribution is 2.50. The van der Waals surface area contributed by atoms with Crippen LogP contribution < -0.4 is 11.5 Å². The van der Waals surface area contributed by atoms with Crippen molar-refractivity contribution in [2.24, 2.45) is 0 Å². The van der Waals surface area contributed by atoms with Gasteiger partial charge in [0.1, 0.15) is 6.23 Å². The number of epoxide rings is 1. The summed E-state index contributed by atoms with van der Waals surface area (Å²) in [6.07, 6.45) is -5.77. The van der Waals surface area contributed by atoms with E-state index in [1.165, 1.54) is 0 Å². The molecule has 4 N–H and O–H groups in total. The van der Waals surface area contributed by atoms with E-state index in [4.69, 9.17) is 16.2 Å². The highest BCUT2D eigenvalue weighted by Gasteiger charge is 2.61. The first-order chi connectivity index (χ1) is 9.84. The second-order valence-electron chi connectivity index (χ2n) is 6.18. The molecule has 0 amide bonds. The number of anilines is 2. The van der Waals surface area contributed by atoms with Crippen molar-refractivity contribution in [3.8, 4) is 0 Å². The molecule has 4 atom stereocenters. The van der Waals surface area contributed by atoms with Gasteiger partial charge in [0.15, 0.2) is 6.10 Å². The molecular weight excluding hydrogens is 283 g/mol. The second-order valence-corrected chi connectivity index (χ2v) is 6.18. The van der Waals surface area contributed by atoms with E-state index in [1.807, 2.05) is 17.0 Å². The summed E-state index contributed by atoms with van der Waals surface area (Å²) < 4.78 is 42.8. The van der Waals surface area contributed by atoms with E-state index in [2.05, 4.69) is 0 Å². The third-order valence-electron chi connectivity index (χ3n) is 4.80. The van der Waals surface area contributed by atoms with Gasteiger partial charge in [-0.3, -0.25) is 4.90 Å². The summed E-state index contributed by atoms with van der Waals surface area (Å²) in [6.45, 7) is 1.17. The average molecular weight is 299 g/mol. The lowest BCUT2D eigenvalue weighted by atomic mass is 9.95. The Balaban J connectivity index is 1.57. The van der Waals surface area contributed by atoms with Crippen molar-refractivity contribution in [2.75, 3.05) is 24.6 Å². The highest BCUT2D eigenvalue weighted by atomic mass is 19.4. The van der Waals surface area contributed by atoms with Crippen LogP contribution in [0.2, 0.25) is 0 Å². The first kappa shape index (κ1) is 13.2. The zero-order valence-electron chi connectivity index (χ0n) is 11.2. The van der Waals surface area contributed by atoms with Gasteiger partial charge in [-0.1, -0.05) is 0 Å². The summed E-state index contributed by atoms with van der Waals surface area (Å²) >= 11 is 0. The Morgan fingerprint density at radius 1 is 1.05 bits per heavy atom. The molecule has 114 valence electrons. The molecule has 0 radical (unpaired) electrons. The van der Waals surface area contributed by atoms with Crippen molar-refractivity contribution in [1.82, 2.24) is 4.90 Å². The highest BCUT2D eigenvalue weighted by molar-refractivity contribution is 5.68. The van der Waals surface area contributed by atoms with Gasteiger partial charge >= 0.3 is 6.18 Å². The van der Waals surface area contributed by atoms with Crippen LogP contribution in [-0.2, 0) is 4.74 Å². The van der Waals surface area contributed by atoms with Crippen molar-refractivity contribution in [3.63, 3.8) is 0 Å². The summed E-state index contributed by atoms with van der Waals surface area (Å²) in [7, 11) is 0. The molecule has 1 aliphatic carbocycles. The van der Waals surface area contributed by atoms with Crippen LogP contribution in [0, 0.1) is 0 Å². The number of fused-ring (bicyclic) bond motifs is 5. The molecule has 2 bridgehead atoms. The Kier molecular flexibility index (Phi) is 2.54. The van der Waals surface area contributed by atoms with Crippen LogP contribution in [0.15, 0.2) is 12.1 Å². The van der Waals surface area contributed by atoms with Gasteiger partial charge in [-0.15, -0.1) is 0 Å². The molecule has 4 unspecified atom stereocenters. The lowest BCUT2D eigenvalue weighted by molar-refractivity contribution is -0.147. The summed E-state index contributed by atoms with van der Waals surface area (Å²) in [5.74, 6) is 0.444. The molecule has 2 heterocycles. The lowest BCUT2D eigenvalue weighted by Crippen LogP contribution is -2.39. The van der Waals surface area contributed by atoms with Crippen LogP contribution in [0.5, 0.6) is 0 Å². The maximum Gasteiger partial charge on any atom is 0.418 e. The zero-order chi connectivity index (χ0) is 14.9. The van der Waals surface area contributed by atoms with Crippen molar-refractivity contribution in [3.05, 3.63) is 23.3 Å². The molecule has 4 rings (SSSR count). The van der Waals surface area contributed by atoms with E-state index in [0.717, 1.165) is 17.5 Å². The Bertz CT molecular complexity index is 567. The Morgan fingerprint density at radius 2 is 1.57 bits per heavy atom. The van der Waals surface area contributed by atoms with Crippen LogP contribution in [0.4, 0.5) is 24.5 Å². The van der Waals surface area contributed by atoms with E-state index in [0.29, 0.717) is 24.5 Å². The first-order valence-corrected chi connectivity index (χ1v) is 6.99. The quantitative estimate of drug-likeness (QED) is 0.615. The molecule has 21 heavy (non-hydrogen) atoms. The van der Waals surface area contributed by atoms with E-state index < -0.39 is 18.5 Å². The number of alkyl halides is 3. The fraction of sp³-hybridized carbons (Fsp3) is 0.571. The van der Waals surface area contributed by atoms with Crippen LogP contribution in [0.3, 0.4) is 0 Å². The molecule has 2 saturated heterocycles. The number of likely N-dealkylation sites (tertiary alicyclic amines) is 1. The van der Waals surface area contributed by atoms with Gasteiger partial charge in [-0.2, -0.15) is 13.2 Å². The van der Waals surface area contributed by atoms with Crippen LogP contribution >= 0.6 is 0 Å². The molecule has 7 heteroatoms. The summed E-state index contributed by atoms with van der Waals surface area (Å²) in [5, 5.41) is 0. The Labute approximate surface area is 119 Å². The molecule has 2 fully saturated rings. The summed E-state index contributed by atoms with van der Waals surface area (Å²) in [5.41, 5.74) is 15.1. The van der Waals surface area contributed by atoms with Crippen LogP contribution in [0.25, 0.3) is 0 Å². The van der Waals surface area contributed by atoms with Gasteiger partial charge in [0.2, 0.25) is 0 Å². The Hall–Kier alpha value is -1.47. The fourth-order valence-electron chi connectivity index (χ4n) is 3.79. The number of hydrogen-bond acceptors (Lipinski definition) is 4. The fourth-order valence-corrected chi connectivity index (χ4v) is 3.79. The molecule has 0 spiro atoms. The molecular formula is C14H16F3N3O. The smallest absolute Gasteiger partial charge is 0.397 e. The maximum absolute atomic E-state index is 12.6. The first-order valence-electron chi connectivity index (χ1n) is 6.99. The molecule has 0 saturated carbocycles. The normalized spacial score (nSPS) is 34.8. The number of rotatable bonds is 1. The van der Waals surface area contributed by atoms with Gasteiger partial charge in [-0.25, -0.2) is 0 Å². The van der Waals surface area contributed by atoms with E-state index in [1.54, 1.807) is 0 Å². The minimum atomic E-state index is -4.27. The largest absolute Gasteiger partial charge is 0.418 e. The molecule has 1 aromatic carbocycles. The third-order valence-corrected chi connectivity index (χ3v) is 4.80. The zero-order valence-corrected chi connectivity index (χ0v) is 11.2. The molecule has 1 aromatic rings. The number of benzene rings is 1. The number of ether oxygens (including phenoxy) is 1. The van der Waals surface area contributed by atoms with E-state index in [-0.39, 0.29) is 11.8 Å². The SMILES string of the molecule is Nc1cc2c(cc1N)C1CC2CN(C2OC2C(F)(F)F)C1. The minimum absolute atomic E-state index is 0.222. The number of piperidine rings is 1. The van der Waals surface area contributed by atoms with Crippen molar-refractivity contribution < 1.29 is 17.9 Å². The molecule has 3 aliphatic rings. The average Bonchev–Trinajstić information content (AvgIpc) is 3.17. The van der Waals surface area contributed by atoms with Gasteiger partial charge in [0.25, 0.3) is 0 Å². The van der Waals surface area contributed by atoms with Crippen LogP contribution in [-0.4, -0.2) is 36.5 Å². The molecule has 0 aromatic heterocycles. The van der Waals surface area contributed by atoms with Gasteiger partial charge < -0.3 is 16.2 Å². The number of halogens is 3. The van der Waals surface area contributed by atoms with Crippen molar-refractivity contribution >= 4 is 11.4 Å². The monoisotopic (exact) mass is 299 g/mol. The Morgan fingerprint density at radius 3 is 2.00 bits per heavy atom. The lowest BCUT2D eigenvalue weighted by Gasteiger charge is -2.30. The van der Waals surface area contributed by atoms with Gasteiger partial charge in [0, 0.05) is 13.1 Å². The standard InChI is InChI=1S/C14H16F3N3O/c15-14(16,17)12-13(21-12)20-4-6-1-7(5-20)9-3-11(19)10(18)2-8(6)9/h2-3,6-7,12-13H,1,4-5,18-19H2. The maximum atomic E-state index is 12.6. The predicted octanol–water partition coefficient (Wildman–Crippen LogP) is 2.02. The van der Waals surface area contributed by atoms with E-state index >= 15 is 0 Å². The third kappa shape index (κ3) is 1.98. The van der Waals surface area contributed by atoms with E-state index in [9.17, 15) is 13.2 Å². The summed E-state index contributed by atoms with van der Waals surface area (Å²) in [4.78, 5) is 1.81. The van der Waals surface area contributed by atoms with Crippen LogP contribution in [0.1, 0.15) is 29.4 Å². The number of nitrogens with two attached hydrogens (primary N) is 2. The topological polar surface area (TPSA) is 67.8 Å². The minimum Gasteiger partial charge on any atom is -0.397 e. The number of nitrogen functional groups attached to an aromatic ring is 2. The molecule has 4 nitrogen and oxygen atoms in total. The molecule has 2 aliphatic heterocycles. The number of hydrogen-bond donors (Lipinski definition) is 2. The van der Waals surface area contributed by atoms with Gasteiger partial charge in [0.05, 0.1) is 11.4 Å². The van der Waals surface area contributed by atoms with Crippen molar-refractivity contribution in [1.29, 1.82) is 0 Å². The number of nitrogens with zero attached hydrogens (tertiary/aromatic N) is 1. The predicted molar refractivity (Wildman–Crippen MR) is 71.7 cm³/mol. The van der Waals surface area contributed by atoms with Gasteiger partial charge in [-0.05, 0) is 41.5 Å². The van der Waals surface area contributed by atoms with Crippen molar-refractivity contribution in [2.45, 2.75) is 36.8 Å². The summed E-state index contributed by atoms with van der Waals surface area (Å²) in [6, 6.07) is 3.77.